The SMILES string of the molecule is COc1cc(C(=O)N2CCNC(=O)C2c2ccccc2C)cc(OC)c1OC. The van der Waals surface area contributed by atoms with Crippen molar-refractivity contribution in [3.8, 4) is 17.2 Å². The largest absolute Gasteiger partial charge is 0.493 e. The first-order chi connectivity index (χ1) is 13.5. The Morgan fingerprint density at radius 3 is 2.29 bits per heavy atom. The van der Waals surface area contributed by atoms with Gasteiger partial charge in [0.05, 0.1) is 21.3 Å². The number of hydrogen-bond acceptors (Lipinski definition) is 5. The molecule has 148 valence electrons. The predicted octanol–water partition coefficient (Wildman–Crippen LogP) is 2.33. The fraction of sp³-hybridized carbons (Fsp3) is 0.333. The molecule has 7 heteroatoms. The van der Waals surface area contributed by atoms with E-state index in [2.05, 4.69) is 5.32 Å². The van der Waals surface area contributed by atoms with Crippen LogP contribution in [-0.2, 0) is 4.79 Å². The van der Waals surface area contributed by atoms with E-state index in [0.717, 1.165) is 11.1 Å². The van der Waals surface area contributed by atoms with Gasteiger partial charge in [-0.1, -0.05) is 24.3 Å². The molecule has 3 rings (SSSR count). The third-order valence-electron chi connectivity index (χ3n) is 4.87. The number of rotatable bonds is 5. The molecule has 0 aromatic heterocycles. The zero-order valence-electron chi connectivity index (χ0n) is 16.4. The molecule has 7 nitrogen and oxygen atoms in total. The van der Waals surface area contributed by atoms with Gasteiger partial charge in [-0.05, 0) is 30.2 Å². The molecule has 1 saturated heterocycles. The molecule has 0 saturated carbocycles. The summed E-state index contributed by atoms with van der Waals surface area (Å²) in [7, 11) is 4.50. The number of aryl methyl sites for hydroxylation is 1. The van der Waals surface area contributed by atoms with E-state index in [0.29, 0.717) is 35.9 Å². The van der Waals surface area contributed by atoms with Crippen LogP contribution in [0.15, 0.2) is 36.4 Å². The lowest BCUT2D eigenvalue weighted by atomic mass is 9.97. The Kier molecular flexibility index (Phi) is 5.73. The van der Waals surface area contributed by atoms with Crippen LogP contribution >= 0.6 is 0 Å². The summed E-state index contributed by atoms with van der Waals surface area (Å²) in [4.78, 5) is 27.6. The first-order valence-corrected chi connectivity index (χ1v) is 8.96. The number of nitrogens with one attached hydrogen (secondary N) is 1. The second-order valence-electron chi connectivity index (χ2n) is 6.46. The van der Waals surface area contributed by atoms with Gasteiger partial charge in [-0.2, -0.15) is 0 Å². The molecule has 1 fully saturated rings. The number of hydrogen-bond donors (Lipinski definition) is 1. The number of carbonyl (C=O) groups excluding carboxylic acids is 2. The molecule has 1 aliphatic rings. The van der Waals surface area contributed by atoms with Gasteiger partial charge in [0, 0.05) is 18.7 Å². The van der Waals surface area contributed by atoms with Crippen LogP contribution < -0.4 is 19.5 Å². The van der Waals surface area contributed by atoms with Crippen molar-refractivity contribution in [3.63, 3.8) is 0 Å². The van der Waals surface area contributed by atoms with Crippen LogP contribution in [0.5, 0.6) is 17.2 Å². The van der Waals surface area contributed by atoms with Crippen LogP contribution in [0.4, 0.5) is 0 Å². The molecule has 1 N–H and O–H groups in total. The molecule has 0 aliphatic carbocycles. The van der Waals surface area contributed by atoms with Gasteiger partial charge < -0.3 is 24.4 Å². The van der Waals surface area contributed by atoms with Crippen LogP contribution in [-0.4, -0.2) is 51.1 Å². The lowest BCUT2D eigenvalue weighted by molar-refractivity contribution is -0.128. The third-order valence-corrected chi connectivity index (χ3v) is 4.87. The van der Waals surface area contributed by atoms with Crippen molar-refractivity contribution in [3.05, 3.63) is 53.1 Å². The number of piperazine rings is 1. The van der Waals surface area contributed by atoms with Gasteiger partial charge in [0.1, 0.15) is 6.04 Å². The molecule has 1 unspecified atom stereocenters. The van der Waals surface area contributed by atoms with Crippen molar-refractivity contribution in [2.45, 2.75) is 13.0 Å². The summed E-state index contributed by atoms with van der Waals surface area (Å²) in [5.41, 5.74) is 2.12. The second kappa shape index (κ2) is 8.21. The number of nitrogens with zero attached hydrogens (tertiary/aromatic N) is 1. The lowest BCUT2D eigenvalue weighted by Gasteiger charge is -2.36. The topological polar surface area (TPSA) is 77.1 Å². The van der Waals surface area contributed by atoms with Gasteiger partial charge >= 0.3 is 0 Å². The zero-order chi connectivity index (χ0) is 20.3. The summed E-state index contributed by atoms with van der Waals surface area (Å²) in [6.07, 6.45) is 0. The van der Waals surface area contributed by atoms with Gasteiger partial charge in [0.25, 0.3) is 5.91 Å². The summed E-state index contributed by atoms with van der Waals surface area (Å²) in [5.74, 6) is 0.718. The Balaban J connectivity index is 2.05. The van der Waals surface area contributed by atoms with Crippen molar-refractivity contribution in [2.24, 2.45) is 0 Å². The fourth-order valence-electron chi connectivity index (χ4n) is 3.46. The number of amides is 2. The zero-order valence-corrected chi connectivity index (χ0v) is 16.4. The van der Waals surface area contributed by atoms with Gasteiger partial charge in [0.15, 0.2) is 11.5 Å². The molecule has 2 amide bonds. The van der Waals surface area contributed by atoms with E-state index in [-0.39, 0.29) is 11.8 Å². The molecule has 2 aromatic carbocycles. The normalized spacial score (nSPS) is 16.4. The minimum Gasteiger partial charge on any atom is -0.493 e. The van der Waals surface area contributed by atoms with Gasteiger partial charge in [-0.25, -0.2) is 0 Å². The molecular weight excluding hydrogens is 360 g/mol. The Labute approximate surface area is 164 Å². The molecule has 0 radical (unpaired) electrons. The monoisotopic (exact) mass is 384 g/mol. The smallest absolute Gasteiger partial charge is 0.255 e. The minimum absolute atomic E-state index is 0.193. The first kappa shape index (κ1) is 19.5. The van der Waals surface area contributed by atoms with E-state index in [1.165, 1.54) is 21.3 Å². The van der Waals surface area contributed by atoms with Crippen molar-refractivity contribution < 1.29 is 23.8 Å². The van der Waals surface area contributed by atoms with Crippen LogP contribution in [0.25, 0.3) is 0 Å². The predicted molar refractivity (Wildman–Crippen MR) is 104 cm³/mol. The Morgan fingerprint density at radius 1 is 1.07 bits per heavy atom. The maximum absolute atomic E-state index is 13.4. The molecule has 0 spiro atoms. The minimum atomic E-state index is -0.693. The molecule has 28 heavy (non-hydrogen) atoms. The van der Waals surface area contributed by atoms with Crippen molar-refractivity contribution >= 4 is 11.8 Å². The highest BCUT2D eigenvalue weighted by atomic mass is 16.5. The van der Waals surface area contributed by atoms with Crippen molar-refractivity contribution in [1.29, 1.82) is 0 Å². The van der Waals surface area contributed by atoms with Crippen molar-refractivity contribution in [1.82, 2.24) is 10.2 Å². The van der Waals surface area contributed by atoms with Crippen LogP contribution in [0.2, 0.25) is 0 Å². The van der Waals surface area contributed by atoms with E-state index >= 15 is 0 Å². The summed E-state index contributed by atoms with van der Waals surface area (Å²) in [6.45, 7) is 2.73. The Morgan fingerprint density at radius 2 is 1.71 bits per heavy atom. The van der Waals surface area contributed by atoms with Crippen molar-refractivity contribution in [2.75, 3.05) is 34.4 Å². The molecule has 2 aromatic rings. The lowest BCUT2D eigenvalue weighted by Crippen LogP contribution is -2.52. The number of benzene rings is 2. The highest BCUT2D eigenvalue weighted by Gasteiger charge is 2.36. The van der Waals surface area contributed by atoms with Gasteiger partial charge in [0.2, 0.25) is 11.7 Å². The molecule has 0 bridgehead atoms. The molecule has 1 heterocycles. The fourth-order valence-corrected chi connectivity index (χ4v) is 3.46. The average Bonchev–Trinajstić information content (AvgIpc) is 2.72. The summed E-state index contributed by atoms with van der Waals surface area (Å²) in [6, 6.07) is 10.1. The van der Waals surface area contributed by atoms with Gasteiger partial charge in [-0.15, -0.1) is 0 Å². The summed E-state index contributed by atoms with van der Waals surface area (Å²) < 4.78 is 16.0. The number of carbonyl (C=O) groups is 2. The Hall–Kier alpha value is -3.22. The molecule has 1 aliphatic heterocycles. The number of methoxy groups -OCH3 is 3. The first-order valence-electron chi connectivity index (χ1n) is 8.96. The van der Waals surface area contributed by atoms with E-state index in [1.54, 1.807) is 17.0 Å². The average molecular weight is 384 g/mol. The maximum Gasteiger partial charge on any atom is 0.255 e. The van der Waals surface area contributed by atoms with E-state index in [1.807, 2.05) is 31.2 Å². The van der Waals surface area contributed by atoms with Gasteiger partial charge in [-0.3, -0.25) is 9.59 Å². The maximum atomic E-state index is 13.4. The number of ether oxygens (including phenoxy) is 3. The van der Waals surface area contributed by atoms with Crippen LogP contribution in [0.1, 0.15) is 27.5 Å². The third kappa shape index (κ3) is 3.47. The molecular formula is C21H24N2O5. The Bertz CT molecular complexity index is 871. The van der Waals surface area contributed by atoms with E-state index in [4.69, 9.17) is 14.2 Å². The second-order valence-corrected chi connectivity index (χ2v) is 6.46. The standard InChI is InChI=1S/C21H24N2O5/c1-13-7-5-6-8-15(13)18-20(24)22-9-10-23(18)21(25)14-11-16(26-2)19(28-4)17(12-14)27-3/h5-8,11-12,18H,9-10H2,1-4H3,(H,22,24). The van der Waals surface area contributed by atoms with Crippen LogP contribution in [0.3, 0.4) is 0 Å². The van der Waals surface area contributed by atoms with E-state index < -0.39 is 6.04 Å². The molecule has 1 atom stereocenters. The van der Waals surface area contributed by atoms with E-state index in [9.17, 15) is 9.59 Å². The van der Waals surface area contributed by atoms with Crippen LogP contribution in [0, 0.1) is 6.92 Å². The summed E-state index contributed by atoms with van der Waals surface area (Å²) in [5, 5.41) is 2.86. The highest BCUT2D eigenvalue weighted by molar-refractivity contribution is 5.99. The highest BCUT2D eigenvalue weighted by Crippen LogP contribution is 2.39. The quantitative estimate of drug-likeness (QED) is 0.856. The summed E-state index contributed by atoms with van der Waals surface area (Å²) >= 11 is 0.